The lowest BCUT2D eigenvalue weighted by atomic mass is 9.79. The molecular formula is C27H28N2O4. The summed E-state index contributed by atoms with van der Waals surface area (Å²) in [6.45, 7) is 5.66. The number of hydrogen-bond acceptors (Lipinski definition) is 5. The van der Waals surface area contributed by atoms with E-state index in [1.54, 1.807) is 19.1 Å². The normalized spacial score (nSPS) is 17.3. The average molecular weight is 445 g/mol. The van der Waals surface area contributed by atoms with Crippen molar-refractivity contribution in [2.45, 2.75) is 58.4 Å². The Morgan fingerprint density at radius 1 is 1.09 bits per heavy atom. The average Bonchev–Trinajstić information content (AvgIpc) is 3.01. The van der Waals surface area contributed by atoms with Crippen LogP contribution in [0.3, 0.4) is 0 Å². The molecule has 1 saturated carbocycles. The molecule has 0 radical (unpaired) electrons. The Bertz CT molecular complexity index is 1130. The highest BCUT2D eigenvalue weighted by atomic mass is 16.7. The first-order chi connectivity index (χ1) is 15.9. The molecule has 1 fully saturated rings. The topological polar surface area (TPSA) is 79.6 Å². The number of carbonyl (C=O) groups excluding carboxylic acids is 2. The van der Waals surface area contributed by atoms with Gasteiger partial charge in [0.15, 0.2) is 5.76 Å². The van der Waals surface area contributed by atoms with Gasteiger partial charge in [0.2, 0.25) is 0 Å². The maximum absolute atomic E-state index is 14.2. The minimum Gasteiger partial charge on any atom is -0.434 e. The number of ether oxygens (including phenoxy) is 2. The molecule has 0 unspecified atom stereocenters. The molecule has 1 spiro atoms. The summed E-state index contributed by atoms with van der Waals surface area (Å²) in [5, 5.41) is 9.39. The lowest BCUT2D eigenvalue weighted by Crippen LogP contribution is -2.50. The molecule has 0 aromatic heterocycles. The number of nitrogens with zero attached hydrogens (tertiary/aromatic N) is 2. The van der Waals surface area contributed by atoms with Crippen molar-refractivity contribution < 1.29 is 19.1 Å². The van der Waals surface area contributed by atoms with Crippen molar-refractivity contribution in [3.8, 4) is 6.07 Å². The van der Waals surface area contributed by atoms with E-state index >= 15 is 0 Å². The standard InChI is InChI=1S/C27H28N2O4/c1-4-32-26(31)33-24-23(22-18(2)15-20(17-28)16-19(22)3)25(30)29(21-11-7-5-8-12-21)27(24)13-9-6-10-14-27/h5,7-8,11-12,15-16H,4,6,9-10,13-14H2,1-3H3. The molecule has 0 saturated heterocycles. The van der Waals surface area contributed by atoms with Gasteiger partial charge in [-0.1, -0.05) is 37.5 Å². The molecule has 1 aliphatic carbocycles. The van der Waals surface area contributed by atoms with E-state index < -0.39 is 11.7 Å². The van der Waals surface area contributed by atoms with E-state index in [9.17, 15) is 14.9 Å². The third-order valence-corrected chi connectivity index (χ3v) is 6.55. The minimum absolute atomic E-state index is 0.180. The quantitative estimate of drug-likeness (QED) is 0.556. The number of anilines is 1. The Morgan fingerprint density at radius 3 is 2.30 bits per heavy atom. The van der Waals surface area contributed by atoms with Crippen molar-refractivity contribution in [3.63, 3.8) is 0 Å². The van der Waals surface area contributed by atoms with Gasteiger partial charge in [0.1, 0.15) is 5.54 Å². The van der Waals surface area contributed by atoms with Gasteiger partial charge in [0, 0.05) is 5.69 Å². The summed E-state index contributed by atoms with van der Waals surface area (Å²) in [7, 11) is 0. The van der Waals surface area contributed by atoms with E-state index in [1.807, 2.05) is 49.1 Å². The maximum Gasteiger partial charge on any atom is 0.513 e. The molecule has 6 nitrogen and oxygen atoms in total. The van der Waals surface area contributed by atoms with Crippen LogP contribution in [0.5, 0.6) is 0 Å². The third-order valence-electron chi connectivity index (χ3n) is 6.55. The van der Waals surface area contributed by atoms with Crippen LogP contribution in [0.1, 0.15) is 61.3 Å². The van der Waals surface area contributed by atoms with Gasteiger partial charge in [-0.2, -0.15) is 5.26 Å². The van der Waals surface area contributed by atoms with Crippen molar-refractivity contribution in [3.05, 3.63) is 70.5 Å². The smallest absolute Gasteiger partial charge is 0.434 e. The molecule has 2 aliphatic rings. The second-order valence-electron chi connectivity index (χ2n) is 8.65. The van der Waals surface area contributed by atoms with Crippen LogP contribution in [0.15, 0.2) is 48.2 Å². The lowest BCUT2D eigenvalue weighted by Gasteiger charge is -2.42. The predicted octanol–water partition coefficient (Wildman–Crippen LogP) is 5.81. The van der Waals surface area contributed by atoms with Gasteiger partial charge in [0.25, 0.3) is 5.91 Å². The number of para-hydroxylation sites is 1. The lowest BCUT2D eigenvalue weighted by molar-refractivity contribution is -0.113. The Morgan fingerprint density at radius 2 is 1.73 bits per heavy atom. The summed E-state index contributed by atoms with van der Waals surface area (Å²) in [6, 6.07) is 15.3. The molecule has 1 amide bonds. The molecule has 6 heteroatoms. The number of aryl methyl sites for hydroxylation is 2. The maximum atomic E-state index is 14.2. The van der Waals surface area contributed by atoms with Crippen molar-refractivity contribution in [1.82, 2.24) is 0 Å². The van der Waals surface area contributed by atoms with Crippen LogP contribution in [0.25, 0.3) is 5.57 Å². The van der Waals surface area contributed by atoms with Crippen LogP contribution in [-0.2, 0) is 14.3 Å². The number of benzene rings is 2. The van der Waals surface area contributed by atoms with E-state index in [1.165, 1.54) is 0 Å². The number of amides is 1. The van der Waals surface area contributed by atoms with E-state index in [-0.39, 0.29) is 12.5 Å². The van der Waals surface area contributed by atoms with Crippen LogP contribution in [0.2, 0.25) is 0 Å². The molecule has 170 valence electrons. The van der Waals surface area contributed by atoms with Gasteiger partial charge < -0.3 is 9.47 Å². The molecule has 2 aromatic rings. The summed E-state index contributed by atoms with van der Waals surface area (Å²) in [6.07, 6.45) is 3.49. The van der Waals surface area contributed by atoms with Gasteiger partial charge in [-0.25, -0.2) is 4.79 Å². The second kappa shape index (κ2) is 9.11. The third kappa shape index (κ3) is 3.89. The van der Waals surface area contributed by atoms with Crippen LogP contribution in [0, 0.1) is 25.2 Å². The van der Waals surface area contributed by atoms with Gasteiger partial charge >= 0.3 is 6.16 Å². The zero-order chi connectivity index (χ0) is 23.6. The first-order valence-corrected chi connectivity index (χ1v) is 11.4. The molecule has 4 rings (SSSR count). The highest BCUT2D eigenvalue weighted by Crippen LogP contribution is 2.51. The van der Waals surface area contributed by atoms with Crippen LogP contribution in [-0.4, -0.2) is 24.2 Å². The van der Waals surface area contributed by atoms with E-state index in [2.05, 4.69) is 6.07 Å². The van der Waals surface area contributed by atoms with Crippen molar-refractivity contribution >= 4 is 23.3 Å². The van der Waals surface area contributed by atoms with Crippen LogP contribution in [0.4, 0.5) is 10.5 Å². The molecule has 33 heavy (non-hydrogen) atoms. The van der Waals surface area contributed by atoms with Crippen molar-refractivity contribution in [2.24, 2.45) is 0 Å². The van der Waals surface area contributed by atoms with Crippen LogP contribution >= 0.6 is 0 Å². The Balaban J connectivity index is 1.99. The summed E-state index contributed by atoms with van der Waals surface area (Å²) in [5.74, 6) is 0.170. The van der Waals surface area contributed by atoms with Gasteiger partial charge in [-0.3, -0.25) is 9.69 Å². The molecule has 1 heterocycles. The molecule has 0 N–H and O–H groups in total. The number of nitriles is 1. The first kappa shape index (κ1) is 22.6. The Labute approximate surface area is 194 Å². The SMILES string of the molecule is CCOC(=O)OC1=C(c2c(C)cc(C#N)cc2C)C(=O)N(c2ccccc2)C12CCCCC2. The van der Waals surface area contributed by atoms with E-state index in [4.69, 9.17) is 9.47 Å². The molecule has 2 aromatic carbocycles. The number of hydrogen-bond donors (Lipinski definition) is 0. The minimum atomic E-state index is -0.804. The Hall–Kier alpha value is -3.59. The summed E-state index contributed by atoms with van der Waals surface area (Å²) in [4.78, 5) is 28.5. The fourth-order valence-electron chi connectivity index (χ4n) is 5.29. The summed E-state index contributed by atoms with van der Waals surface area (Å²) in [5.41, 5.74) is 3.22. The Kier molecular flexibility index (Phi) is 6.24. The van der Waals surface area contributed by atoms with Crippen LogP contribution < -0.4 is 4.90 Å². The number of carbonyl (C=O) groups is 2. The van der Waals surface area contributed by atoms with Crippen molar-refractivity contribution in [1.29, 1.82) is 5.26 Å². The molecule has 1 aliphatic heterocycles. The van der Waals surface area contributed by atoms with Crippen molar-refractivity contribution in [2.75, 3.05) is 11.5 Å². The fraction of sp³-hybridized carbons (Fsp3) is 0.370. The van der Waals surface area contributed by atoms with Gasteiger partial charge in [-0.05, 0) is 74.6 Å². The molecular weight excluding hydrogens is 416 g/mol. The highest BCUT2D eigenvalue weighted by molar-refractivity contribution is 6.31. The zero-order valence-electron chi connectivity index (χ0n) is 19.3. The summed E-state index contributed by atoms with van der Waals surface area (Å²) >= 11 is 0. The van der Waals surface area contributed by atoms with E-state index in [0.717, 1.165) is 36.1 Å². The summed E-state index contributed by atoms with van der Waals surface area (Å²) < 4.78 is 11.0. The number of rotatable bonds is 4. The largest absolute Gasteiger partial charge is 0.513 e. The first-order valence-electron chi connectivity index (χ1n) is 11.4. The zero-order valence-corrected chi connectivity index (χ0v) is 19.3. The van der Waals surface area contributed by atoms with Gasteiger partial charge in [0.05, 0.1) is 23.8 Å². The van der Waals surface area contributed by atoms with Gasteiger partial charge in [-0.15, -0.1) is 0 Å². The highest BCUT2D eigenvalue weighted by Gasteiger charge is 2.55. The monoisotopic (exact) mass is 444 g/mol. The second-order valence-corrected chi connectivity index (χ2v) is 8.65. The van der Waals surface area contributed by atoms with E-state index in [0.29, 0.717) is 35.3 Å². The molecule has 0 bridgehead atoms. The predicted molar refractivity (Wildman–Crippen MR) is 125 cm³/mol. The fourth-order valence-corrected chi connectivity index (χ4v) is 5.29. The molecule has 0 atom stereocenters.